The second-order valence-corrected chi connectivity index (χ2v) is 4.72. The van der Waals surface area contributed by atoms with Gasteiger partial charge in [-0.15, -0.1) is 0 Å². The number of aryl methyl sites for hydroxylation is 2. The molecule has 0 aliphatic carbocycles. The third-order valence-electron chi connectivity index (χ3n) is 3.24. The van der Waals surface area contributed by atoms with Gasteiger partial charge in [-0.2, -0.15) is 0 Å². The van der Waals surface area contributed by atoms with Crippen molar-refractivity contribution in [2.45, 2.75) is 26.7 Å². The van der Waals surface area contributed by atoms with Gasteiger partial charge in [0, 0.05) is 18.0 Å². The van der Waals surface area contributed by atoms with Gasteiger partial charge >= 0.3 is 0 Å². The molecule has 3 heteroatoms. The maximum Gasteiger partial charge on any atom is 0.254 e. The van der Waals surface area contributed by atoms with Crippen molar-refractivity contribution in [2.24, 2.45) is 7.05 Å². The van der Waals surface area contributed by atoms with Crippen LogP contribution >= 0.6 is 0 Å². The fourth-order valence-electron chi connectivity index (χ4n) is 2.37. The average Bonchev–Trinajstić information content (AvgIpc) is 2.25. The van der Waals surface area contributed by atoms with Crippen LogP contribution < -0.4 is 5.56 Å². The lowest BCUT2D eigenvalue weighted by atomic mass is 9.96. The summed E-state index contributed by atoms with van der Waals surface area (Å²) in [6, 6.07) is 4.59. The fraction of sp³-hybridized carbons (Fsp3) is 0.357. The summed E-state index contributed by atoms with van der Waals surface area (Å²) in [5, 5.41) is 0.942. The number of rotatable bonds is 1. The molecule has 0 N–H and O–H groups in total. The number of nitrogens with zero attached hydrogens (tertiary/aromatic N) is 1. The predicted octanol–water partition coefficient (Wildman–Crippen LogP) is 3.11. The van der Waals surface area contributed by atoms with Gasteiger partial charge in [-0.05, 0) is 36.6 Å². The Balaban J connectivity index is 3.00. The van der Waals surface area contributed by atoms with Gasteiger partial charge in [0.2, 0.25) is 0 Å². The molecule has 2 rings (SSSR count). The molecule has 2 aromatic rings. The van der Waals surface area contributed by atoms with E-state index in [9.17, 15) is 9.18 Å². The van der Waals surface area contributed by atoms with Gasteiger partial charge in [0.25, 0.3) is 5.56 Å². The highest BCUT2D eigenvalue weighted by Gasteiger charge is 2.14. The summed E-state index contributed by atoms with van der Waals surface area (Å²) in [7, 11) is 1.69. The van der Waals surface area contributed by atoms with Crippen molar-refractivity contribution in [1.29, 1.82) is 0 Å². The molecule has 0 radical (unpaired) electrons. The molecule has 2 nitrogen and oxygen atoms in total. The summed E-state index contributed by atoms with van der Waals surface area (Å²) in [6.45, 7) is 5.93. The van der Waals surface area contributed by atoms with Crippen molar-refractivity contribution in [1.82, 2.24) is 4.57 Å². The molecular formula is C14H16FNO. The summed E-state index contributed by atoms with van der Waals surface area (Å²) in [4.78, 5) is 12.2. The van der Waals surface area contributed by atoms with Crippen LogP contribution in [0.5, 0.6) is 0 Å². The molecule has 0 aliphatic rings. The molecule has 0 saturated heterocycles. The topological polar surface area (TPSA) is 22.0 Å². The number of hydrogen-bond acceptors (Lipinski definition) is 1. The van der Waals surface area contributed by atoms with Crippen molar-refractivity contribution >= 4 is 10.9 Å². The Bertz CT molecular complexity index is 641. The number of fused-ring (bicyclic) bond motifs is 1. The summed E-state index contributed by atoms with van der Waals surface area (Å²) in [6.07, 6.45) is 0. The van der Waals surface area contributed by atoms with Gasteiger partial charge in [0.05, 0.1) is 5.52 Å². The Morgan fingerprint density at radius 2 is 1.94 bits per heavy atom. The highest BCUT2D eigenvalue weighted by molar-refractivity contribution is 5.83. The SMILES string of the molecule is Cc1c(C(C)C)c(=O)n(C)c2cc(F)ccc12. The first-order valence-electron chi connectivity index (χ1n) is 5.72. The normalized spacial score (nSPS) is 11.4. The third kappa shape index (κ3) is 1.75. The van der Waals surface area contributed by atoms with Crippen LogP contribution in [0.15, 0.2) is 23.0 Å². The highest BCUT2D eigenvalue weighted by Crippen LogP contribution is 2.23. The summed E-state index contributed by atoms with van der Waals surface area (Å²) in [5.74, 6) is -0.146. The largest absolute Gasteiger partial charge is 0.311 e. The van der Waals surface area contributed by atoms with E-state index in [0.29, 0.717) is 5.52 Å². The quantitative estimate of drug-likeness (QED) is 0.741. The Labute approximate surface area is 99.7 Å². The highest BCUT2D eigenvalue weighted by atomic mass is 19.1. The molecule has 0 amide bonds. The van der Waals surface area contributed by atoms with Crippen LogP contribution in [0.25, 0.3) is 10.9 Å². The van der Waals surface area contributed by atoms with E-state index in [4.69, 9.17) is 0 Å². The minimum atomic E-state index is -0.316. The molecule has 1 aromatic carbocycles. The number of benzene rings is 1. The number of halogens is 1. The predicted molar refractivity (Wildman–Crippen MR) is 68.0 cm³/mol. The second kappa shape index (κ2) is 3.99. The Morgan fingerprint density at radius 1 is 1.29 bits per heavy atom. The van der Waals surface area contributed by atoms with Gasteiger partial charge in [-0.3, -0.25) is 4.79 Å². The van der Waals surface area contributed by atoms with Crippen LogP contribution in [0.1, 0.15) is 30.9 Å². The van der Waals surface area contributed by atoms with Crippen molar-refractivity contribution in [2.75, 3.05) is 0 Å². The fourth-order valence-corrected chi connectivity index (χ4v) is 2.37. The molecule has 0 spiro atoms. The zero-order chi connectivity index (χ0) is 12.7. The lowest BCUT2D eigenvalue weighted by Crippen LogP contribution is -2.24. The van der Waals surface area contributed by atoms with Crippen molar-refractivity contribution in [3.63, 3.8) is 0 Å². The Morgan fingerprint density at radius 3 is 2.53 bits per heavy atom. The maximum atomic E-state index is 13.2. The molecule has 0 atom stereocenters. The molecule has 0 bridgehead atoms. The number of aromatic nitrogens is 1. The van der Waals surface area contributed by atoms with Crippen LogP contribution in [-0.2, 0) is 7.05 Å². The molecular weight excluding hydrogens is 217 g/mol. The van der Waals surface area contributed by atoms with Crippen molar-refractivity contribution < 1.29 is 4.39 Å². The lowest BCUT2D eigenvalue weighted by molar-refractivity contribution is 0.628. The van der Waals surface area contributed by atoms with E-state index in [1.165, 1.54) is 16.7 Å². The smallest absolute Gasteiger partial charge is 0.254 e. The van der Waals surface area contributed by atoms with Gasteiger partial charge < -0.3 is 4.57 Å². The molecule has 0 fully saturated rings. The molecule has 1 heterocycles. The average molecular weight is 233 g/mol. The monoisotopic (exact) mass is 233 g/mol. The van der Waals surface area contributed by atoms with Gasteiger partial charge in [-0.1, -0.05) is 13.8 Å². The second-order valence-electron chi connectivity index (χ2n) is 4.72. The van der Waals surface area contributed by atoms with E-state index in [1.54, 1.807) is 13.1 Å². The standard InChI is InChI=1S/C14H16FNO/c1-8(2)13-9(3)11-6-5-10(15)7-12(11)16(4)14(13)17/h5-8H,1-4H3. The number of hydrogen-bond donors (Lipinski definition) is 0. The Hall–Kier alpha value is -1.64. The minimum absolute atomic E-state index is 0.0319. The van der Waals surface area contributed by atoms with E-state index >= 15 is 0 Å². The molecule has 0 unspecified atom stereocenters. The van der Waals surface area contributed by atoms with Gasteiger partial charge in [-0.25, -0.2) is 4.39 Å². The van der Waals surface area contributed by atoms with Crippen LogP contribution in [0, 0.1) is 12.7 Å². The molecule has 17 heavy (non-hydrogen) atoms. The molecule has 90 valence electrons. The van der Waals surface area contributed by atoms with Gasteiger partial charge in [0.1, 0.15) is 5.82 Å². The van der Waals surface area contributed by atoms with E-state index in [1.807, 2.05) is 20.8 Å². The van der Waals surface area contributed by atoms with E-state index < -0.39 is 0 Å². The Kier molecular flexibility index (Phi) is 2.77. The minimum Gasteiger partial charge on any atom is -0.311 e. The molecule has 0 saturated carbocycles. The first-order chi connectivity index (χ1) is 7.93. The summed E-state index contributed by atoms with van der Waals surface area (Å²) < 4.78 is 14.8. The first-order valence-corrected chi connectivity index (χ1v) is 5.72. The lowest BCUT2D eigenvalue weighted by Gasteiger charge is -2.15. The van der Waals surface area contributed by atoms with Crippen LogP contribution in [0.3, 0.4) is 0 Å². The van der Waals surface area contributed by atoms with Crippen molar-refractivity contribution in [3.8, 4) is 0 Å². The third-order valence-corrected chi connectivity index (χ3v) is 3.24. The molecule has 1 aromatic heterocycles. The van der Waals surface area contributed by atoms with E-state index in [2.05, 4.69) is 0 Å². The first kappa shape index (κ1) is 11.8. The van der Waals surface area contributed by atoms with Crippen LogP contribution in [0.4, 0.5) is 4.39 Å². The number of pyridine rings is 1. The zero-order valence-electron chi connectivity index (χ0n) is 10.5. The molecule has 0 aliphatic heterocycles. The van der Waals surface area contributed by atoms with Crippen molar-refractivity contribution in [3.05, 3.63) is 45.5 Å². The van der Waals surface area contributed by atoms with E-state index in [0.717, 1.165) is 16.5 Å². The summed E-state index contributed by atoms with van der Waals surface area (Å²) >= 11 is 0. The van der Waals surface area contributed by atoms with Crippen LogP contribution in [-0.4, -0.2) is 4.57 Å². The van der Waals surface area contributed by atoms with Crippen LogP contribution in [0.2, 0.25) is 0 Å². The maximum absolute atomic E-state index is 13.2. The van der Waals surface area contributed by atoms with Gasteiger partial charge in [0.15, 0.2) is 0 Å². The van der Waals surface area contributed by atoms with E-state index in [-0.39, 0.29) is 17.3 Å². The summed E-state index contributed by atoms with van der Waals surface area (Å²) in [5.41, 5.74) is 2.39. The zero-order valence-corrected chi connectivity index (χ0v) is 10.5.